The summed E-state index contributed by atoms with van der Waals surface area (Å²) in [5.41, 5.74) is 19.2. The van der Waals surface area contributed by atoms with Crippen LogP contribution in [0.4, 0.5) is 0 Å². The highest BCUT2D eigenvalue weighted by Gasteiger charge is 2.35. The van der Waals surface area contributed by atoms with Gasteiger partial charge in [0.2, 0.25) is 47.3 Å². The molecule has 70 heavy (non-hydrogen) atoms. The number of nitrogens with one attached hydrogen (secondary N) is 9. The van der Waals surface area contributed by atoms with Crippen molar-refractivity contribution in [1.82, 2.24) is 52.2 Å². The molecule has 0 bridgehead atoms. The Kier molecular flexibility index (Phi) is 22.0. The zero-order valence-corrected chi connectivity index (χ0v) is 41.0. The van der Waals surface area contributed by atoms with Crippen molar-refractivity contribution in [3.8, 4) is 0 Å². The SMILES string of the molecule is CC(=O)N[C@@H](CS)C(=O)N[C@@H](CC(C)C)C(=O)N[C@@H](Cc1cnc[nH]1)C(=O)N[C@H](Cc1ccccc1)C(=O)N[C@@H](CCCN=C(N)N)C(=O)N[C@@H](Cc1c[nH]c2ccccc12)C(=O)N[C@@H](CS)C(N)=O. The maximum atomic E-state index is 14.6. The third-order valence-corrected chi connectivity index (χ3v) is 11.6. The normalized spacial score (nSPS) is 14.1. The van der Waals surface area contributed by atoms with E-state index < -0.39 is 89.6 Å². The number of amides is 8. The standard InChI is InChI=1S/C46H64N14O8S2/c1-25(2)16-33(56-45(68)38(23-70)54-26(3)61)41(64)59-36(19-29-21-50-24-53-29)44(67)57-34(17-27-10-5-4-6-11-27)42(65)55-32(14-9-15-51-46(48)49)40(63)58-35(43(66)60-37(22-69)39(47)62)18-28-20-52-31-13-8-7-12-30(28)31/h4-8,10-13,20-21,24-25,32-38,52,69-70H,9,14-19,22-23H2,1-3H3,(H2,47,62)(H,50,53)(H,54,61)(H,55,65)(H,56,68)(H,57,67)(H,58,63)(H,59,64)(H,60,66)(H4,48,49,51)/t32-,33-,34+,35-,36-,37-,38-/m0/s1. The molecule has 4 rings (SSSR count). The molecular weight excluding hydrogens is 941 g/mol. The molecule has 2 aromatic carbocycles. The quantitative estimate of drug-likeness (QED) is 0.0138. The number of H-pyrrole nitrogens is 2. The van der Waals surface area contributed by atoms with E-state index in [2.05, 4.69) is 82.4 Å². The first-order valence-electron chi connectivity index (χ1n) is 22.6. The Labute approximate surface area is 416 Å². The van der Waals surface area contributed by atoms with Crippen molar-refractivity contribution in [1.29, 1.82) is 0 Å². The molecule has 22 nitrogen and oxygen atoms in total. The molecule has 378 valence electrons. The summed E-state index contributed by atoms with van der Waals surface area (Å²) >= 11 is 8.33. The molecule has 0 saturated carbocycles. The Morgan fingerprint density at radius 3 is 1.73 bits per heavy atom. The first-order valence-corrected chi connectivity index (χ1v) is 23.9. The average molecular weight is 1010 g/mol. The van der Waals surface area contributed by atoms with Crippen LogP contribution in [0, 0.1) is 5.92 Å². The number of nitrogens with zero attached hydrogens (tertiary/aromatic N) is 2. The molecule has 2 aromatic heterocycles. The van der Waals surface area contributed by atoms with Crippen molar-refractivity contribution in [2.45, 2.75) is 102 Å². The van der Waals surface area contributed by atoms with E-state index in [-0.39, 0.29) is 68.5 Å². The summed E-state index contributed by atoms with van der Waals surface area (Å²) < 4.78 is 0. The van der Waals surface area contributed by atoms with Crippen LogP contribution in [0.5, 0.6) is 0 Å². The van der Waals surface area contributed by atoms with Crippen LogP contribution in [-0.2, 0) is 57.6 Å². The molecule has 0 spiro atoms. The topological polar surface area (TPSA) is 356 Å². The summed E-state index contributed by atoms with van der Waals surface area (Å²) in [6.45, 7) is 5.00. The number of carbonyl (C=O) groups is 8. The number of primary amides is 1. The van der Waals surface area contributed by atoms with Gasteiger partial charge in [-0.1, -0.05) is 62.4 Å². The number of fused-ring (bicyclic) bond motifs is 1. The van der Waals surface area contributed by atoms with Crippen LogP contribution in [0.15, 0.2) is 78.3 Å². The molecule has 0 unspecified atom stereocenters. The zero-order valence-electron chi connectivity index (χ0n) is 39.2. The lowest BCUT2D eigenvalue weighted by Gasteiger charge is -2.28. The number of imidazole rings is 1. The molecule has 0 saturated heterocycles. The van der Waals surface area contributed by atoms with E-state index in [0.29, 0.717) is 16.8 Å². The first kappa shape index (κ1) is 55.5. The molecule has 0 fully saturated rings. The second-order valence-corrected chi connectivity index (χ2v) is 17.7. The van der Waals surface area contributed by atoms with E-state index in [1.54, 1.807) is 36.5 Å². The van der Waals surface area contributed by atoms with Crippen LogP contribution < -0.4 is 54.4 Å². The highest BCUT2D eigenvalue weighted by molar-refractivity contribution is 7.80. The summed E-state index contributed by atoms with van der Waals surface area (Å²) in [5, 5.41) is 19.5. The summed E-state index contributed by atoms with van der Waals surface area (Å²) in [6.07, 6.45) is 4.61. The van der Waals surface area contributed by atoms with E-state index in [4.69, 9.17) is 17.2 Å². The molecule has 15 N–H and O–H groups in total. The molecular formula is C46H64N14O8S2. The Bertz CT molecular complexity index is 2430. The van der Waals surface area contributed by atoms with E-state index in [1.165, 1.54) is 19.4 Å². The molecule has 8 amide bonds. The van der Waals surface area contributed by atoms with Crippen molar-refractivity contribution < 1.29 is 38.4 Å². The number of carbonyl (C=O) groups excluding carboxylic acids is 8. The third kappa shape index (κ3) is 17.8. The van der Waals surface area contributed by atoms with Gasteiger partial charge in [0.25, 0.3) is 0 Å². The second kappa shape index (κ2) is 27.8. The minimum Gasteiger partial charge on any atom is -0.370 e. The van der Waals surface area contributed by atoms with Gasteiger partial charge in [-0.05, 0) is 42.4 Å². The number of rotatable bonds is 28. The molecule has 24 heteroatoms. The van der Waals surface area contributed by atoms with Crippen molar-refractivity contribution in [2.24, 2.45) is 28.1 Å². The number of guanidine groups is 1. The number of aromatic amines is 2. The predicted octanol–water partition coefficient (Wildman–Crippen LogP) is -1.22. The van der Waals surface area contributed by atoms with Gasteiger partial charge in [0, 0.05) is 73.2 Å². The van der Waals surface area contributed by atoms with Crippen molar-refractivity contribution in [2.75, 3.05) is 18.1 Å². The zero-order chi connectivity index (χ0) is 51.3. The first-order chi connectivity index (χ1) is 33.4. The van der Waals surface area contributed by atoms with Gasteiger partial charge in [0.05, 0.1) is 6.33 Å². The van der Waals surface area contributed by atoms with Gasteiger partial charge in [-0.3, -0.25) is 43.3 Å². The molecule has 0 aliphatic carbocycles. The minimum absolute atomic E-state index is 0.0419. The summed E-state index contributed by atoms with van der Waals surface area (Å²) in [5.74, 6) is -6.28. The molecule has 4 aromatic rings. The van der Waals surface area contributed by atoms with Gasteiger partial charge in [0.1, 0.15) is 42.3 Å². The molecule has 0 radical (unpaired) electrons. The Morgan fingerprint density at radius 1 is 0.629 bits per heavy atom. The highest BCUT2D eigenvalue weighted by atomic mass is 32.1. The van der Waals surface area contributed by atoms with Crippen LogP contribution in [-0.4, -0.2) is 129 Å². The number of nitrogens with two attached hydrogens (primary N) is 3. The van der Waals surface area contributed by atoms with Gasteiger partial charge >= 0.3 is 0 Å². The predicted molar refractivity (Wildman–Crippen MR) is 270 cm³/mol. The molecule has 2 heterocycles. The van der Waals surface area contributed by atoms with E-state index >= 15 is 0 Å². The van der Waals surface area contributed by atoms with Crippen molar-refractivity contribution in [3.05, 3.63) is 90.1 Å². The minimum atomic E-state index is -1.36. The number of hydrogen-bond acceptors (Lipinski definition) is 12. The second-order valence-electron chi connectivity index (χ2n) is 17.0. The van der Waals surface area contributed by atoms with Gasteiger partial charge in [0.15, 0.2) is 5.96 Å². The Hall–Kier alpha value is -7.08. The molecule has 7 atom stereocenters. The van der Waals surface area contributed by atoms with Gasteiger partial charge in [-0.2, -0.15) is 25.3 Å². The number of aromatic nitrogens is 3. The van der Waals surface area contributed by atoms with Crippen LogP contribution in [0.25, 0.3) is 10.9 Å². The number of thiol groups is 2. The van der Waals surface area contributed by atoms with Crippen LogP contribution in [0.1, 0.15) is 56.9 Å². The number of para-hydroxylation sites is 1. The van der Waals surface area contributed by atoms with E-state index in [9.17, 15) is 38.4 Å². The monoisotopic (exact) mass is 1000 g/mol. The lowest BCUT2D eigenvalue weighted by atomic mass is 10.0. The van der Waals surface area contributed by atoms with Gasteiger partial charge < -0.3 is 64.4 Å². The smallest absolute Gasteiger partial charge is 0.244 e. The third-order valence-electron chi connectivity index (χ3n) is 10.9. The largest absolute Gasteiger partial charge is 0.370 e. The fraction of sp³-hybridized carbons (Fsp3) is 0.435. The Morgan fingerprint density at radius 2 is 1.16 bits per heavy atom. The lowest BCUT2D eigenvalue weighted by molar-refractivity contribution is -0.135. The fourth-order valence-electron chi connectivity index (χ4n) is 7.37. The molecule has 0 aliphatic heterocycles. The van der Waals surface area contributed by atoms with Crippen LogP contribution in [0.3, 0.4) is 0 Å². The fourth-order valence-corrected chi connectivity index (χ4v) is 7.90. The maximum absolute atomic E-state index is 14.6. The van der Waals surface area contributed by atoms with Crippen molar-refractivity contribution in [3.63, 3.8) is 0 Å². The Balaban J connectivity index is 1.67. The van der Waals surface area contributed by atoms with Gasteiger partial charge in [-0.15, -0.1) is 0 Å². The highest BCUT2D eigenvalue weighted by Crippen LogP contribution is 2.20. The lowest BCUT2D eigenvalue weighted by Crippen LogP contribution is -2.61. The van der Waals surface area contributed by atoms with E-state index in [1.807, 2.05) is 38.1 Å². The van der Waals surface area contributed by atoms with E-state index in [0.717, 1.165) is 10.9 Å². The molecule has 0 aliphatic rings. The average Bonchev–Trinajstić information content (AvgIpc) is 3.99. The number of aliphatic imine (C=N–C) groups is 1. The summed E-state index contributed by atoms with van der Waals surface area (Å²) in [6, 6.07) is 7.39. The number of hydrogen-bond donors (Lipinski definition) is 14. The van der Waals surface area contributed by atoms with Crippen molar-refractivity contribution >= 4 is 89.4 Å². The van der Waals surface area contributed by atoms with Crippen LogP contribution >= 0.6 is 25.3 Å². The van der Waals surface area contributed by atoms with Gasteiger partial charge in [-0.25, -0.2) is 4.98 Å². The summed E-state index contributed by atoms with van der Waals surface area (Å²) in [7, 11) is 0. The number of benzene rings is 2. The van der Waals surface area contributed by atoms with Crippen LogP contribution in [0.2, 0.25) is 0 Å². The summed E-state index contributed by atoms with van der Waals surface area (Å²) in [4.78, 5) is 123. The maximum Gasteiger partial charge on any atom is 0.244 e.